The smallest absolute Gasteiger partial charge is 0.228 e. The summed E-state index contributed by atoms with van der Waals surface area (Å²) in [5.41, 5.74) is -0.728. The minimum atomic E-state index is -0.957. The van der Waals surface area contributed by atoms with Gasteiger partial charge in [0.1, 0.15) is 0 Å². The van der Waals surface area contributed by atoms with Crippen LogP contribution in [0.2, 0.25) is 0 Å². The van der Waals surface area contributed by atoms with Crippen LogP contribution < -0.4 is 0 Å². The lowest BCUT2D eigenvalue weighted by Crippen LogP contribution is -2.30. The number of azo groups is 1. The van der Waals surface area contributed by atoms with E-state index in [1.807, 2.05) is 78.8 Å². The molecule has 0 aliphatic carbocycles. The first-order valence-electron chi connectivity index (χ1n) is 6.88. The molecule has 0 amide bonds. The second kappa shape index (κ2) is 6.02. The van der Waals surface area contributed by atoms with E-state index in [1.54, 1.807) is 0 Å². The standard InChI is InChI=1S/C16H26N2O2/c1-14(2,3)17-18-16(7,20-19-15(4,5)6)13-11-9-8-10-12-13/h8-12H,1-7H3/b18-17+. The Hall–Kier alpha value is -1.26. The van der Waals surface area contributed by atoms with Gasteiger partial charge in [0.15, 0.2) is 0 Å². The Balaban J connectivity index is 3.04. The molecule has 1 aromatic carbocycles. The van der Waals surface area contributed by atoms with Crippen LogP contribution in [0, 0.1) is 0 Å². The van der Waals surface area contributed by atoms with Gasteiger partial charge in [0.2, 0.25) is 5.72 Å². The Morgan fingerprint density at radius 3 is 1.75 bits per heavy atom. The average molecular weight is 278 g/mol. The fraction of sp³-hybridized carbons (Fsp3) is 0.625. The summed E-state index contributed by atoms with van der Waals surface area (Å²) < 4.78 is 0. The number of rotatable bonds is 4. The van der Waals surface area contributed by atoms with Gasteiger partial charge in [0, 0.05) is 5.56 Å². The normalized spacial score (nSPS) is 16.4. The molecule has 0 fully saturated rings. The van der Waals surface area contributed by atoms with E-state index in [1.165, 1.54) is 0 Å². The molecule has 0 N–H and O–H groups in total. The van der Waals surface area contributed by atoms with Crippen molar-refractivity contribution in [1.29, 1.82) is 0 Å². The largest absolute Gasteiger partial charge is 0.234 e. The van der Waals surface area contributed by atoms with E-state index in [4.69, 9.17) is 9.78 Å². The number of hydrogen-bond donors (Lipinski definition) is 0. The highest BCUT2D eigenvalue weighted by molar-refractivity contribution is 5.20. The molecule has 0 saturated heterocycles. The summed E-state index contributed by atoms with van der Waals surface area (Å²) in [5, 5.41) is 8.70. The minimum absolute atomic E-state index is 0.263. The van der Waals surface area contributed by atoms with E-state index in [0.717, 1.165) is 5.56 Å². The minimum Gasteiger partial charge on any atom is -0.228 e. The molecule has 0 heterocycles. The highest BCUT2D eigenvalue weighted by Gasteiger charge is 2.32. The summed E-state index contributed by atoms with van der Waals surface area (Å²) in [6.45, 7) is 13.6. The second-order valence-corrected chi connectivity index (χ2v) is 7.00. The fourth-order valence-corrected chi connectivity index (χ4v) is 1.32. The van der Waals surface area contributed by atoms with E-state index in [0.29, 0.717) is 0 Å². The lowest BCUT2D eigenvalue weighted by Gasteiger charge is -2.28. The molecule has 4 nitrogen and oxygen atoms in total. The monoisotopic (exact) mass is 278 g/mol. The third kappa shape index (κ3) is 5.80. The number of hydrogen-bond acceptors (Lipinski definition) is 4. The van der Waals surface area contributed by atoms with Crippen molar-refractivity contribution in [2.45, 2.75) is 65.3 Å². The quantitative estimate of drug-likeness (QED) is 0.448. The topological polar surface area (TPSA) is 43.2 Å². The van der Waals surface area contributed by atoms with Crippen LogP contribution in [0.15, 0.2) is 40.6 Å². The van der Waals surface area contributed by atoms with Crippen LogP contribution >= 0.6 is 0 Å². The Labute approximate surface area is 122 Å². The summed E-state index contributed by atoms with van der Waals surface area (Å²) in [7, 11) is 0. The lowest BCUT2D eigenvalue weighted by molar-refractivity contribution is -0.405. The van der Waals surface area contributed by atoms with Crippen molar-refractivity contribution >= 4 is 0 Å². The summed E-state index contributed by atoms with van der Waals surface area (Å²) in [5.74, 6) is 0. The van der Waals surface area contributed by atoms with Gasteiger partial charge in [-0.2, -0.15) is 10.0 Å². The fourth-order valence-electron chi connectivity index (χ4n) is 1.32. The Kier molecular flexibility index (Phi) is 5.05. The zero-order valence-electron chi connectivity index (χ0n) is 13.6. The maximum absolute atomic E-state index is 5.62. The molecule has 20 heavy (non-hydrogen) atoms. The highest BCUT2D eigenvalue weighted by atomic mass is 17.2. The van der Waals surface area contributed by atoms with Crippen molar-refractivity contribution in [1.82, 2.24) is 0 Å². The van der Waals surface area contributed by atoms with Gasteiger partial charge in [0.25, 0.3) is 0 Å². The molecule has 1 atom stereocenters. The van der Waals surface area contributed by atoms with Gasteiger partial charge in [-0.15, -0.1) is 5.11 Å². The molecule has 0 radical (unpaired) electrons. The van der Waals surface area contributed by atoms with Gasteiger partial charge in [-0.05, 0) is 48.5 Å². The van der Waals surface area contributed by atoms with Gasteiger partial charge < -0.3 is 0 Å². The summed E-state index contributed by atoms with van der Waals surface area (Å²) in [6.07, 6.45) is 0. The van der Waals surface area contributed by atoms with Crippen molar-refractivity contribution in [2.75, 3.05) is 0 Å². The van der Waals surface area contributed by atoms with E-state index < -0.39 is 11.3 Å². The molecule has 0 bridgehead atoms. The van der Waals surface area contributed by atoms with Gasteiger partial charge in [0.05, 0.1) is 11.1 Å². The summed E-state index contributed by atoms with van der Waals surface area (Å²) >= 11 is 0. The molecule has 1 unspecified atom stereocenters. The second-order valence-electron chi connectivity index (χ2n) is 7.00. The van der Waals surface area contributed by atoms with Crippen molar-refractivity contribution in [3.8, 4) is 0 Å². The predicted octanol–water partition coefficient (Wildman–Crippen LogP) is 4.86. The molecule has 0 aliphatic rings. The molecular formula is C16H26N2O2. The van der Waals surface area contributed by atoms with E-state index in [9.17, 15) is 0 Å². The molecule has 4 heteroatoms. The van der Waals surface area contributed by atoms with Crippen LogP contribution in [0.25, 0.3) is 0 Å². The molecule has 0 saturated carbocycles. The zero-order chi connectivity index (χ0) is 15.4. The summed E-state index contributed by atoms with van der Waals surface area (Å²) in [6, 6.07) is 9.75. The molecule has 1 rings (SSSR count). The van der Waals surface area contributed by atoms with E-state index in [-0.39, 0.29) is 5.54 Å². The zero-order valence-corrected chi connectivity index (χ0v) is 13.6. The van der Waals surface area contributed by atoms with Crippen LogP contribution in [0.5, 0.6) is 0 Å². The molecule has 0 aromatic heterocycles. The molecular weight excluding hydrogens is 252 g/mol. The molecule has 0 spiro atoms. The van der Waals surface area contributed by atoms with Crippen LogP contribution in [0.3, 0.4) is 0 Å². The van der Waals surface area contributed by atoms with Crippen LogP contribution in [-0.2, 0) is 15.5 Å². The van der Waals surface area contributed by atoms with Crippen molar-refractivity contribution in [2.24, 2.45) is 10.2 Å². The van der Waals surface area contributed by atoms with Gasteiger partial charge >= 0.3 is 0 Å². The van der Waals surface area contributed by atoms with Crippen LogP contribution in [0.4, 0.5) is 0 Å². The number of nitrogens with zero attached hydrogens (tertiary/aromatic N) is 2. The molecule has 0 aliphatic heterocycles. The molecule has 1 aromatic rings. The van der Waals surface area contributed by atoms with Crippen molar-refractivity contribution in [3.05, 3.63) is 35.9 Å². The van der Waals surface area contributed by atoms with Crippen LogP contribution in [-0.4, -0.2) is 11.1 Å². The Morgan fingerprint density at radius 1 is 0.750 bits per heavy atom. The maximum atomic E-state index is 5.62. The average Bonchev–Trinajstić information content (AvgIpc) is 2.33. The van der Waals surface area contributed by atoms with E-state index >= 15 is 0 Å². The van der Waals surface area contributed by atoms with Gasteiger partial charge in [-0.1, -0.05) is 30.3 Å². The first-order valence-corrected chi connectivity index (χ1v) is 6.88. The highest BCUT2D eigenvalue weighted by Crippen LogP contribution is 2.30. The third-order valence-corrected chi connectivity index (χ3v) is 2.30. The van der Waals surface area contributed by atoms with E-state index in [2.05, 4.69) is 10.2 Å². The summed E-state index contributed by atoms with van der Waals surface area (Å²) in [4.78, 5) is 11.1. The van der Waals surface area contributed by atoms with Gasteiger partial charge in [-0.25, -0.2) is 4.89 Å². The SMILES string of the molecule is CC(C)(C)/N=N/C(C)(OOC(C)(C)C)c1ccccc1. The Bertz CT molecular complexity index is 444. The first kappa shape index (κ1) is 16.8. The molecule has 112 valence electrons. The predicted molar refractivity (Wildman–Crippen MR) is 80.3 cm³/mol. The van der Waals surface area contributed by atoms with Gasteiger partial charge in [-0.3, -0.25) is 0 Å². The third-order valence-electron chi connectivity index (χ3n) is 2.30. The Morgan fingerprint density at radius 2 is 1.30 bits per heavy atom. The van der Waals surface area contributed by atoms with Crippen LogP contribution in [0.1, 0.15) is 54.0 Å². The number of benzene rings is 1. The lowest BCUT2D eigenvalue weighted by atomic mass is 10.1. The van der Waals surface area contributed by atoms with Crippen molar-refractivity contribution in [3.63, 3.8) is 0 Å². The first-order chi connectivity index (χ1) is 9.02. The van der Waals surface area contributed by atoms with Crippen molar-refractivity contribution < 1.29 is 9.78 Å². The maximum Gasteiger partial charge on any atom is 0.234 e.